The molecule has 0 bridgehead atoms. The molecule has 0 aromatic heterocycles. The molecule has 0 aromatic carbocycles. The van der Waals surface area contributed by atoms with Crippen molar-refractivity contribution in [2.75, 3.05) is 39.5 Å². The number of aliphatic carboxylic acids is 1. The number of amides is 1. The number of carboxylic acid groups (broad SMARTS) is 1. The minimum atomic E-state index is -1.18. The number of carbonyl (C=O) groups is 2. The van der Waals surface area contributed by atoms with Gasteiger partial charge in [-0.1, -0.05) is 0 Å². The van der Waals surface area contributed by atoms with Crippen molar-refractivity contribution in [1.29, 1.82) is 0 Å². The Kier molecular flexibility index (Phi) is 8.35. The lowest BCUT2D eigenvalue weighted by molar-refractivity contribution is -0.173. The van der Waals surface area contributed by atoms with Crippen LogP contribution in [0.1, 0.15) is 0 Å². The third-order valence-corrected chi connectivity index (χ3v) is 1.45. The number of carbonyl (C=O) groups excluding carboxylic acids is 1. The number of hydrogen-bond donors (Lipinski definition) is 3. The molecule has 0 unspecified atom stereocenters. The highest BCUT2D eigenvalue weighted by Gasteiger charge is 2.11. The van der Waals surface area contributed by atoms with Gasteiger partial charge in [-0.3, -0.25) is 10.0 Å². The molecule has 94 valence electrons. The normalized spacial score (nSPS) is 10.1. The molecule has 1 amide bonds. The fourth-order valence-corrected chi connectivity index (χ4v) is 0.761. The zero-order chi connectivity index (χ0) is 12.4. The maximum atomic E-state index is 11.1. The summed E-state index contributed by atoms with van der Waals surface area (Å²) in [6.07, 6.45) is 0. The van der Waals surface area contributed by atoms with Gasteiger partial charge in [-0.25, -0.2) is 9.86 Å². The zero-order valence-electron chi connectivity index (χ0n) is 8.79. The minimum Gasteiger partial charge on any atom is -0.480 e. The summed E-state index contributed by atoms with van der Waals surface area (Å²) in [7, 11) is 0. The first-order chi connectivity index (χ1) is 7.57. The summed E-state index contributed by atoms with van der Waals surface area (Å²) >= 11 is 0. The largest absolute Gasteiger partial charge is 0.480 e. The molecule has 0 aliphatic rings. The lowest BCUT2D eigenvalue weighted by atomic mass is 10.5. The second-order valence-electron chi connectivity index (χ2n) is 2.80. The summed E-state index contributed by atoms with van der Waals surface area (Å²) in [5.41, 5.74) is 5.16. The Morgan fingerprint density at radius 1 is 1.19 bits per heavy atom. The molecule has 0 atom stereocenters. The molecule has 0 saturated heterocycles. The van der Waals surface area contributed by atoms with Crippen molar-refractivity contribution in [2.24, 2.45) is 5.73 Å². The smallest absolute Gasteiger partial charge is 0.329 e. The maximum Gasteiger partial charge on any atom is 0.329 e. The van der Waals surface area contributed by atoms with Gasteiger partial charge in [0.25, 0.3) is 5.91 Å². The van der Waals surface area contributed by atoms with E-state index in [0.29, 0.717) is 18.2 Å². The van der Waals surface area contributed by atoms with E-state index in [-0.39, 0.29) is 13.2 Å². The van der Waals surface area contributed by atoms with Crippen molar-refractivity contribution in [3.05, 3.63) is 0 Å². The Bertz CT molecular complexity index is 223. The fraction of sp³-hybridized carbons (Fsp3) is 0.750. The van der Waals surface area contributed by atoms with E-state index < -0.39 is 25.1 Å². The lowest BCUT2D eigenvalue weighted by Gasteiger charge is -2.14. The highest BCUT2D eigenvalue weighted by Crippen LogP contribution is 1.87. The third-order valence-electron chi connectivity index (χ3n) is 1.45. The second kappa shape index (κ2) is 9.04. The molecular formula is C8H16N2O6. The van der Waals surface area contributed by atoms with E-state index in [4.69, 9.17) is 20.8 Å². The van der Waals surface area contributed by atoms with Crippen molar-refractivity contribution < 1.29 is 29.4 Å². The van der Waals surface area contributed by atoms with Gasteiger partial charge in [-0.05, 0) is 0 Å². The summed E-state index contributed by atoms with van der Waals surface area (Å²) in [6.45, 7) is -0.227. The molecule has 8 heteroatoms. The van der Waals surface area contributed by atoms with Gasteiger partial charge in [0.05, 0.1) is 19.8 Å². The molecule has 0 aliphatic carbocycles. The molecule has 0 saturated carbocycles. The van der Waals surface area contributed by atoms with E-state index in [1.807, 2.05) is 0 Å². The molecule has 0 spiro atoms. The van der Waals surface area contributed by atoms with E-state index in [0.717, 1.165) is 0 Å². The quantitative estimate of drug-likeness (QED) is 0.247. The Labute approximate surface area is 92.5 Å². The number of rotatable bonds is 9. The summed E-state index contributed by atoms with van der Waals surface area (Å²) in [5, 5.41) is 17.8. The van der Waals surface area contributed by atoms with Gasteiger partial charge in [0.2, 0.25) is 0 Å². The topological polar surface area (TPSA) is 122 Å². The van der Waals surface area contributed by atoms with Crippen LogP contribution in [-0.2, 0) is 19.1 Å². The SMILES string of the molecule is NCCOCCN(O)C(=O)COCC(=O)O. The third kappa shape index (κ3) is 8.12. The minimum absolute atomic E-state index is 0.0186. The van der Waals surface area contributed by atoms with Crippen LogP contribution in [0.5, 0.6) is 0 Å². The predicted molar refractivity (Wildman–Crippen MR) is 51.8 cm³/mol. The van der Waals surface area contributed by atoms with Gasteiger partial charge < -0.3 is 20.3 Å². The Balaban J connectivity index is 3.53. The Hall–Kier alpha value is -1.22. The van der Waals surface area contributed by atoms with Crippen LogP contribution < -0.4 is 5.73 Å². The molecule has 0 fully saturated rings. The van der Waals surface area contributed by atoms with Crippen LogP contribution in [0.4, 0.5) is 0 Å². The first-order valence-electron chi connectivity index (χ1n) is 4.64. The molecule has 8 nitrogen and oxygen atoms in total. The lowest BCUT2D eigenvalue weighted by Crippen LogP contribution is -2.34. The molecule has 4 N–H and O–H groups in total. The molecule has 16 heavy (non-hydrogen) atoms. The first kappa shape index (κ1) is 14.8. The number of carboxylic acids is 1. The Morgan fingerprint density at radius 3 is 2.44 bits per heavy atom. The average molecular weight is 236 g/mol. The summed E-state index contributed by atoms with van der Waals surface area (Å²) in [6, 6.07) is 0. The van der Waals surface area contributed by atoms with Crippen molar-refractivity contribution in [2.45, 2.75) is 0 Å². The van der Waals surface area contributed by atoms with Gasteiger partial charge in [-0.2, -0.15) is 0 Å². The van der Waals surface area contributed by atoms with Crippen molar-refractivity contribution in [3.63, 3.8) is 0 Å². The van der Waals surface area contributed by atoms with Crippen LogP contribution in [0, 0.1) is 0 Å². The molecular weight excluding hydrogens is 220 g/mol. The predicted octanol–water partition coefficient (Wildman–Crippen LogP) is -1.72. The van der Waals surface area contributed by atoms with Gasteiger partial charge in [-0.15, -0.1) is 0 Å². The van der Waals surface area contributed by atoms with E-state index in [1.54, 1.807) is 0 Å². The van der Waals surface area contributed by atoms with Gasteiger partial charge in [0, 0.05) is 6.54 Å². The van der Waals surface area contributed by atoms with Crippen LogP contribution in [0.3, 0.4) is 0 Å². The molecule has 0 rings (SSSR count). The fourth-order valence-electron chi connectivity index (χ4n) is 0.761. The highest BCUT2D eigenvalue weighted by atomic mass is 16.5. The number of nitrogens with zero attached hydrogens (tertiary/aromatic N) is 1. The summed E-state index contributed by atoms with van der Waals surface area (Å²) < 4.78 is 9.43. The summed E-state index contributed by atoms with van der Waals surface area (Å²) in [5.74, 6) is -1.90. The van der Waals surface area contributed by atoms with E-state index in [2.05, 4.69) is 4.74 Å². The van der Waals surface area contributed by atoms with Crippen molar-refractivity contribution in [3.8, 4) is 0 Å². The average Bonchev–Trinajstić information content (AvgIpc) is 2.23. The highest BCUT2D eigenvalue weighted by molar-refractivity contribution is 5.76. The van der Waals surface area contributed by atoms with Crippen molar-refractivity contribution >= 4 is 11.9 Å². The van der Waals surface area contributed by atoms with Crippen LogP contribution in [0.15, 0.2) is 0 Å². The van der Waals surface area contributed by atoms with Gasteiger partial charge in [0.15, 0.2) is 0 Å². The molecule has 0 aromatic rings. The molecule has 0 aliphatic heterocycles. The second-order valence-corrected chi connectivity index (χ2v) is 2.80. The van der Waals surface area contributed by atoms with E-state index in [1.165, 1.54) is 0 Å². The van der Waals surface area contributed by atoms with Gasteiger partial charge >= 0.3 is 5.97 Å². The van der Waals surface area contributed by atoms with Crippen LogP contribution >= 0.6 is 0 Å². The van der Waals surface area contributed by atoms with Crippen LogP contribution in [0.25, 0.3) is 0 Å². The standard InChI is InChI=1S/C8H16N2O6/c9-1-3-15-4-2-10(14)7(11)5-16-6-8(12)13/h14H,1-6,9H2,(H,12,13). The number of nitrogens with two attached hydrogens (primary N) is 1. The maximum absolute atomic E-state index is 11.1. The monoisotopic (exact) mass is 236 g/mol. The van der Waals surface area contributed by atoms with Crippen LogP contribution in [-0.4, -0.2) is 66.8 Å². The zero-order valence-corrected chi connectivity index (χ0v) is 8.79. The van der Waals surface area contributed by atoms with E-state index >= 15 is 0 Å². The first-order valence-corrected chi connectivity index (χ1v) is 4.64. The molecule has 0 radical (unpaired) electrons. The number of hydroxylamine groups is 2. The van der Waals surface area contributed by atoms with Crippen molar-refractivity contribution in [1.82, 2.24) is 5.06 Å². The molecule has 0 heterocycles. The Morgan fingerprint density at radius 2 is 1.88 bits per heavy atom. The van der Waals surface area contributed by atoms with Crippen LogP contribution in [0.2, 0.25) is 0 Å². The van der Waals surface area contributed by atoms with Gasteiger partial charge in [0.1, 0.15) is 13.2 Å². The summed E-state index contributed by atoms with van der Waals surface area (Å²) in [4.78, 5) is 21.1. The van der Waals surface area contributed by atoms with E-state index in [9.17, 15) is 9.59 Å². The number of hydrogen-bond acceptors (Lipinski definition) is 6. The number of ether oxygens (including phenoxy) is 2.